The summed E-state index contributed by atoms with van der Waals surface area (Å²) in [6.07, 6.45) is 0.586. The molecule has 2 aliphatic heterocycles. The van der Waals surface area contributed by atoms with E-state index in [1.165, 1.54) is 4.31 Å². The van der Waals surface area contributed by atoms with Gasteiger partial charge in [0.25, 0.3) is 5.91 Å². The van der Waals surface area contributed by atoms with Crippen molar-refractivity contribution in [3.05, 3.63) is 70.4 Å². The third-order valence-electron chi connectivity index (χ3n) is 5.46. The van der Waals surface area contributed by atoms with Crippen LogP contribution in [0.4, 0.5) is 11.4 Å². The molecular formula is C23H22N2O5S2. The SMILES string of the molecule is O=C(c1cccc(N2CCCS2(=O)=O)c1)N(Cc1cccs1)c1ccc2c(c1)OCCO2. The molecule has 0 spiro atoms. The lowest BCUT2D eigenvalue weighted by molar-refractivity contribution is 0.0985. The van der Waals surface area contributed by atoms with Crippen LogP contribution in [0.25, 0.3) is 0 Å². The van der Waals surface area contributed by atoms with Gasteiger partial charge < -0.3 is 14.4 Å². The first-order chi connectivity index (χ1) is 15.5. The predicted molar refractivity (Wildman–Crippen MR) is 124 cm³/mol. The molecule has 0 bridgehead atoms. The molecule has 5 rings (SSSR count). The lowest BCUT2D eigenvalue weighted by Gasteiger charge is -2.26. The fraction of sp³-hybridized carbons (Fsp3) is 0.261. The van der Waals surface area contributed by atoms with E-state index in [9.17, 15) is 13.2 Å². The number of anilines is 2. The number of nitrogens with zero attached hydrogens (tertiary/aromatic N) is 2. The number of fused-ring (bicyclic) bond motifs is 1. The van der Waals surface area contributed by atoms with Crippen LogP contribution in [0.1, 0.15) is 21.7 Å². The smallest absolute Gasteiger partial charge is 0.258 e. The molecule has 0 radical (unpaired) electrons. The second kappa shape index (κ2) is 8.48. The molecule has 2 aliphatic rings. The Balaban J connectivity index is 1.51. The van der Waals surface area contributed by atoms with Gasteiger partial charge in [0.05, 0.1) is 18.0 Å². The molecule has 1 fully saturated rings. The van der Waals surface area contributed by atoms with Crippen LogP contribution < -0.4 is 18.7 Å². The van der Waals surface area contributed by atoms with Crippen LogP contribution in [0.5, 0.6) is 11.5 Å². The Hall–Kier alpha value is -3.04. The first kappa shape index (κ1) is 20.8. The van der Waals surface area contributed by atoms with Crippen molar-refractivity contribution in [2.75, 3.05) is 34.7 Å². The van der Waals surface area contributed by atoms with E-state index in [0.717, 1.165) is 4.88 Å². The van der Waals surface area contributed by atoms with E-state index < -0.39 is 10.0 Å². The first-order valence-corrected chi connectivity index (χ1v) is 12.8. The largest absolute Gasteiger partial charge is 0.486 e. The van der Waals surface area contributed by atoms with Gasteiger partial charge in [0.1, 0.15) is 13.2 Å². The molecule has 32 heavy (non-hydrogen) atoms. The highest BCUT2D eigenvalue weighted by Gasteiger charge is 2.29. The van der Waals surface area contributed by atoms with Crippen molar-refractivity contribution >= 4 is 38.6 Å². The lowest BCUT2D eigenvalue weighted by atomic mass is 10.1. The number of ether oxygens (including phenoxy) is 2. The quantitative estimate of drug-likeness (QED) is 0.565. The maximum Gasteiger partial charge on any atom is 0.258 e. The molecule has 0 saturated carbocycles. The van der Waals surface area contributed by atoms with Crippen molar-refractivity contribution < 1.29 is 22.7 Å². The van der Waals surface area contributed by atoms with Crippen LogP contribution in [-0.4, -0.2) is 39.8 Å². The van der Waals surface area contributed by atoms with Crippen molar-refractivity contribution in [1.29, 1.82) is 0 Å². The molecule has 0 N–H and O–H groups in total. The summed E-state index contributed by atoms with van der Waals surface area (Å²) in [4.78, 5) is 16.4. The maximum atomic E-state index is 13.7. The molecule has 166 valence electrons. The monoisotopic (exact) mass is 470 g/mol. The number of hydrogen-bond acceptors (Lipinski definition) is 6. The molecule has 7 nitrogen and oxygen atoms in total. The summed E-state index contributed by atoms with van der Waals surface area (Å²) in [6, 6.07) is 16.2. The van der Waals surface area contributed by atoms with Gasteiger partial charge in [0.15, 0.2) is 11.5 Å². The van der Waals surface area contributed by atoms with Gasteiger partial charge in [-0.2, -0.15) is 0 Å². The minimum atomic E-state index is -3.33. The van der Waals surface area contributed by atoms with E-state index in [1.54, 1.807) is 40.5 Å². The molecule has 1 amide bonds. The van der Waals surface area contributed by atoms with Crippen LogP contribution in [0, 0.1) is 0 Å². The average molecular weight is 471 g/mol. The first-order valence-electron chi connectivity index (χ1n) is 10.4. The molecule has 0 unspecified atom stereocenters. The van der Waals surface area contributed by atoms with Crippen LogP contribution in [0.2, 0.25) is 0 Å². The van der Waals surface area contributed by atoms with E-state index in [1.807, 2.05) is 35.7 Å². The number of rotatable bonds is 5. The number of carbonyl (C=O) groups excluding carboxylic acids is 1. The van der Waals surface area contributed by atoms with Crippen LogP contribution in [0.3, 0.4) is 0 Å². The topological polar surface area (TPSA) is 76.2 Å². The van der Waals surface area contributed by atoms with Crippen LogP contribution >= 0.6 is 11.3 Å². The third kappa shape index (κ3) is 4.05. The molecular weight excluding hydrogens is 448 g/mol. The Morgan fingerprint density at radius 3 is 2.62 bits per heavy atom. The van der Waals surface area contributed by atoms with Gasteiger partial charge in [-0.15, -0.1) is 11.3 Å². The molecule has 3 heterocycles. The number of benzene rings is 2. The zero-order valence-electron chi connectivity index (χ0n) is 17.3. The maximum absolute atomic E-state index is 13.7. The number of thiophene rings is 1. The number of amides is 1. The van der Waals surface area contributed by atoms with E-state index in [-0.39, 0.29) is 11.7 Å². The van der Waals surface area contributed by atoms with Crippen molar-refractivity contribution in [1.82, 2.24) is 0 Å². The standard InChI is InChI=1S/C23H22N2O5S2/c26-23(17-4-1-5-19(14-17)25-9-3-13-32(25,27)28)24(16-20-6-2-12-31-20)18-7-8-21-22(15-18)30-11-10-29-21/h1-2,4-8,12,14-15H,3,9-11,13,16H2. The fourth-order valence-electron chi connectivity index (χ4n) is 3.92. The summed E-state index contributed by atoms with van der Waals surface area (Å²) in [5, 5.41) is 1.97. The molecule has 9 heteroatoms. The predicted octanol–water partition coefficient (Wildman–Crippen LogP) is 3.91. The Bertz CT molecular complexity index is 1240. The summed E-state index contributed by atoms with van der Waals surface area (Å²) in [7, 11) is -3.33. The Kier molecular flexibility index (Phi) is 5.52. The van der Waals surface area contributed by atoms with Gasteiger partial charge in [-0.05, 0) is 48.2 Å². The Morgan fingerprint density at radius 1 is 1.03 bits per heavy atom. The van der Waals surface area contributed by atoms with Crippen molar-refractivity contribution in [2.45, 2.75) is 13.0 Å². The zero-order valence-corrected chi connectivity index (χ0v) is 18.9. The molecule has 2 aromatic carbocycles. The summed E-state index contributed by atoms with van der Waals surface area (Å²) in [5.74, 6) is 1.18. The number of hydrogen-bond donors (Lipinski definition) is 0. The summed E-state index contributed by atoms with van der Waals surface area (Å²) in [6.45, 7) is 1.78. The van der Waals surface area contributed by atoms with Gasteiger partial charge >= 0.3 is 0 Å². The highest BCUT2D eigenvalue weighted by Crippen LogP contribution is 2.35. The van der Waals surface area contributed by atoms with E-state index >= 15 is 0 Å². The lowest BCUT2D eigenvalue weighted by Crippen LogP contribution is -2.31. The summed E-state index contributed by atoms with van der Waals surface area (Å²) in [5.41, 5.74) is 1.63. The highest BCUT2D eigenvalue weighted by molar-refractivity contribution is 7.93. The second-order valence-corrected chi connectivity index (χ2v) is 10.6. The average Bonchev–Trinajstić information content (AvgIpc) is 3.45. The van der Waals surface area contributed by atoms with Gasteiger partial charge in [-0.1, -0.05) is 12.1 Å². The minimum absolute atomic E-state index is 0.132. The molecule has 0 aliphatic carbocycles. The Morgan fingerprint density at radius 2 is 1.88 bits per heavy atom. The fourth-order valence-corrected chi connectivity index (χ4v) is 6.17. The van der Waals surface area contributed by atoms with Crippen LogP contribution in [0.15, 0.2) is 60.0 Å². The summed E-state index contributed by atoms with van der Waals surface area (Å²) < 4.78 is 37.4. The minimum Gasteiger partial charge on any atom is -0.486 e. The van der Waals surface area contributed by atoms with Crippen LogP contribution in [-0.2, 0) is 16.6 Å². The van der Waals surface area contributed by atoms with Crippen molar-refractivity contribution in [3.63, 3.8) is 0 Å². The highest BCUT2D eigenvalue weighted by atomic mass is 32.2. The molecule has 0 atom stereocenters. The number of sulfonamides is 1. The van der Waals surface area contributed by atoms with E-state index in [0.29, 0.717) is 61.2 Å². The molecule has 3 aromatic rings. The van der Waals surface area contributed by atoms with Crippen molar-refractivity contribution in [2.24, 2.45) is 0 Å². The third-order valence-corrected chi connectivity index (χ3v) is 8.19. The Labute approximate surface area is 190 Å². The van der Waals surface area contributed by atoms with E-state index in [4.69, 9.17) is 9.47 Å². The number of carbonyl (C=O) groups is 1. The molecule has 1 saturated heterocycles. The molecule has 1 aromatic heterocycles. The normalized spacial score (nSPS) is 16.7. The van der Waals surface area contributed by atoms with Gasteiger partial charge in [0.2, 0.25) is 10.0 Å². The van der Waals surface area contributed by atoms with Gasteiger partial charge in [0, 0.05) is 28.7 Å². The van der Waals surface area contributed by atoms with Crippen molar-refractivity contribution in [3.8, 4) is 11.5 Å². The second-order valence-electron chi connectivity index (χ2n) is 7.59. The zero-order chi connectivity index (χ0) is 22.1. The van der Waals surface area contributed by atoms with E-state index in [2.05, 4.69) is 0 Å². The summed E-state index contributed by atoms with van der Waals surface area (Å²) >= 11 is 1.57. The van der Waals surface area contributed by atoms with Gasteiger partial charge in [-0.3, -0.25) is 9.10 Å². The van der Waals surface area contributed by atoms with Gasteiger partial charge in [-0.25, -0.2) is 8.42 Å².